The van der Waals surface area contributed by atoms with Gasteiger partial charge in [0.05, 0.1) is 0 Å². The lowest BCUT2D eigenvalue weighted by Crippen LogP contribution is -2.28. The average Bonchev–Trinajstić information content (AvgIpc) is 2.33. The van der Waals surface area contributed by atoms with Crippen LogP contribution in [0, 0.1) is 11.6 Å². The first-order chi connectivity index (χ1) is 9.02. The molecule has 2 N–H and O–H groups in total. The van der Waals surface area contributed by atoms with Gasteiger partial charge in [-0.05, 0) is 18.6 Å². The molecule has 0 saturated heterocycles. The molecule has 2 aromatic rings. The Morgan fingerprint density at radius 1 is 1.05 bits per heavy atom. The average molecular weight is 266 g/mol. The van der Waals surface area contributed by atoms with E-state index in [0.717, 1.165) is 12.1 Å². The molecule has 0 aliphatic heterocycles. The van der Waals surface area contributed by atoms with E-state index in [1.807, 2.05) is 0 Å². The molecule has 100 valence electrons. The van der Waals surface area contributed by atoms with Crippen LogP contribution >= 0.6 is 0 Å². The lowest BCUT2D eigenvalue weighted by molar-refractivity contribution is 0.559. The van der Waals surface area contributed by atoms with Gasteiger partial charge in [0.25, 0.3) is 5.56 Å². The summed E-state index contributed by atoms with van der Waals surface area (Å²) >= 11 is 0. The van der Waals surface area contributed by atoms with Crippen molar-refractivity contribution in [1.29, 1.82) is 0 Å². The second-order valence-electron chi connectivity index (χ2n) is 4.10. The van der Waals surface area contributed by atoms with E-state index in [2.05, 4.69) is 9.97 Å². The zero-order valence-corrected chi connectivity index (χ0v) is 10.2. The predicted molar refractivity (Wildman–Crippen MR) is 66.2 cm³/mol. The highest BCUT2D eigenvalue weighted by Gasteiger charge is 2.14. The first kappa shape index (κ1) is 13.2. The highest BCUT2D eigenvalue weighted by Crippen LogP contribution is 2.16. The van der Waals surface area contributed by atoms with E-state index in [9.17, 15) is 18.4 Å². The monoisotopic (exact) mass is 266 g/mol. The fourth-order valence-electron chi connectivity index (χ4n) is 1.96. The van der Waals surface area contributed by atoms with Crippen molar-refractivity contribution in [1.82, 2.24) is 9.97 Å². The molecule has 0 unspecified atom stereocenters. The molecule has 1 aromatic carbocycles. The second-order valence-corrected chi connectivity index (χ2v) is 4.10. The summed E-state index contributed by atoms with van der Waals surface area (Å²) in [6, 6.07) is 3.53. The molecule has 6 heteroatoms. The van der Waals surface area contributed by atoms with Crippen molar-refractivity contribution < 1.29 is 8.78 Å². The Bertz CT molecular complexity index is 699. The van der Waals surface area contributed by atoms with Crippen molar-refractivity contribution in [2.45, 2.75) is 19.8 Å². The molecule has 0 amide bonds. The smallest absolute Gasteiger partial charge is 0.311 e. The molecule has 19 heavy (non-hydrogen) atoms. The molecular weight excluding hydrogens is 254 g/mol. The first-order valence-electron chi connectivity index (χ1n) is 5.80. The largest absolute Gasteiger partial charge is 0.325 e. The number of benzene rings is 1. The van der Waals surface area contributed by atoms with E-state index in [-0.39, 0.29) is 17.7 Å². The third kappa shape index (κ3) is 2.62. The van der Waals surface area contributed by atoms with Crippen LogP contribution in [-0.4, -0.2) is 9.97 Å². The Labute approximate surface area is 107 Å². The van der Waals surface area contributed by atoms with Crippen LogP contribution in [0.15, 0.2) is 27.8 Å². The predicted octanol–water partition coefficient (Wildman–Crippen LogP) is 1.49. The lowest BCUT2D eigenvalue weighted by atomic mass is 10.0. The van der Waals surface area contributed by atoms with Crippen LogP contribution in [0.3, 0.4) is 0 Å². The first-order valence-corrected chi connectivity index (χ1v) is 5.80. The molecule has 0 saturated carbocycles. The topological polar surface area (TPSA) is 65.7 Å². The normalized spacial score (nSPS) is 10.7. The van der Waals surface area contributed by atoms with E-state index in [0.29, 0.717) is 12.0 Å². The highest BCUT2D eigenvalue weighted by atomic mass is 19.1. The van der Waals surface area contributed by atoms with Crippen LogP contribution < -0.4 is 11.2 Å². The minimum Gasteiger partial charge on any atom is -0.311 e. The fraction of sp³-hybridized carbons (Fsp3) is 0.231. The zero-order chi connectivity index (χ0) is 14.0. The van der Waals surface area contributed by atoms with E-state index in [4.69, 9.17) is 0 Å². The molecule has 1 heterocycles. The van der Waals surface area contributed by atoms with Crippen molar-refractivity contribution in [3.05, 3.63) is 67.5 Å². The summed E-state index contributed by atoms with van der Waals surface area (Å²) in [6.07, 6.45) is 0.193. The Morgan fingerprint density at radius 2 is 1.68 bits per heavy atom. The van der Waals surface area contributed by atoms with E-state index >= 15 is 0 Å². The zero-order valence-electron chi connectivity index (χ0n) is 10.2. The minimum absolute atomic E-state index is 0.166. The van der Waals surface area contributed by atoms with Crippen LogP contribution in [0.5, 0.6) is 0 Å². The number of hydrogen-bond donors (Lipinski definition) is 2. The maximum Gasteiger partial charge on any atom is 0.325 e. The lowest BCUT2D eigenvalue weighted by Gasteiger charge is -2.08. The molecule has 0 bridgehead atoms. The summed E-state index contributed by atoms with van der Waals surface area (Å²) in [4.78, 5) is 27.3. The number of rotatable bonds is 3. The summed E-state index contributed by atoms with van der Waals surface area (Å²) in [5, 5.41) is 0. The number of halogens is 2. The maximum atomic E-state index is 13.6. The fourth-order valence-corrected chi connectivity index (χ4v) is 1.96. The van der Waals surface area contributed by atoms with Gasteiger partial charge in [-0.2, -0.15) is 0 Å². The van der Waals surface area contributed by atoms with Gasteiger partial charge in [-0.25, -0.2) is 13.6 Å². The van der Waals surface area contributed by atoms with Gasteiger partial charge in [-0.3, -0.25) is 9.78 Å². The van der Waals surface area contributed by atoms with Gasteiger partial charge < -0.3 is 4.98 Å². The van der Waals surface area contributed by atoms with Gasteiger partial charge in [0.2, 0.25) is 0 Å². The Kier molecular flexibility index (Phi) is 3.59. The molecule has 0 atom stereocenters. The summed E-state index contributed by atoms with van der Waals surface area (Å²) in [5.41, 5.74) is -0.826. The van der Waals surface area contributed by atoms with Gasteiger partial charge in [-0.1, -0.05) is 13.0 Å². The Morgan fingerprint density at radius 3 is 2.26 bits per heavy atom. The molecule has 0 aliphatic rings. The van der Waals surface area contributed by atoms with Crippen molar-refractivity contribution >= 4 is 0 Å². The third-order valence-corrected chi connectivity index (χ3v) is 2.90. The van der Waals surface area contributed by atoms with Gasteiger partial charge in [0.1, 0.15) is 11.6 Å². The van der Waals surface area contributed by atoms with Gasteiger partial charge in [-0.15, -0.1) is 0 Å². The number of H-pyrrole nitrogens is 2. The van der Waals surface area contributed by atoms with Crippen LogP contribution in [0.2, 0.25) is 0 Å². The third-order valence-electron chi connectivity index (χ3n) is 2.90. The standard InChI is InChI=1S/C13H12F2N2O2/c1-2-7-11(16-13(19)17-12(7)18)6-8-9(14)4-3-5-10(8)15/h3-5H,2,6H2,1H3,(H2,16,17,18,19). The molecule has 0 spiro atoms. The van der Waals surface area contributed by atoms with Crippen LogP contribution in [0.1, 0.15) is 23.7 Å². The van der Waals surface area contributed by atoms with Crippen LogP contribution in [-0.2, 0) is 12.8 Å². The van der Waals surface area contributed by atoms with Crippen molar-refractivity contribution in [2.75, 3.05) is 0 Å². The SMILES string of the molecule is CCc1c(Cc2c(F)cccc2F)[nH]c(=O)[nH]c1=O. The summed E-state index contributed by atoms with van der Waals surface area (Å²) in [5.74, 6) is -1.41. The second kappa shape index (κ2) is 5.17. The van der Waals surface area contributed by atoms with Gasteiger partial charge in [0.15, 0.2) is 0 Å². The molecule has 0 radical (unpaired) electrons. The minimum atomic E-state index is -0.705. The number of aromatic amines is 2. The highest BCUT2D eigenvalue weighted by molar-refractivity contribution is 5.28. The molecule has 0 aliphatic carbocycles. The molecule has 0 fully saturated rings. The number of aromatic nitrogens is 2. The Hall–Kier alpha value is -2.24. The van der Waals surface area contributed by atoms with Gasteiger partial charge in [0, 0.05) is 23.2 Å². The van der Waals surface area contributed by atoms with Gasteiger partial charge >= 0.3 is 5.69 Å². The molecule has 2 rings (SSSR count). The maximum absolute atomic E-state index is 13.6. The van der Waals surface area contributed by atoms with Crippen molar-refractivity contribution in [3.8, 4) is 0 Å². The molecular formula is C13H12F2N2O2. The molecule has 1 aromatic heterocycles. The number of nitrogens with one attached hydrogen (secondary N) is 2. The molecule has 4 nitrogen and oxygen atoms in total. The quantitative estimate of drug-likeness (QED) is 0.884. The van der Waals surface area contributed by atoms with Crippen LogP contribution in [0.4, 0.5) is 8.78 Å². The number of hydrogen-bond acceptors (Lipinski definition) is 2. The van der Waals surface area contributed by atoms with Crippen LogP contribution in [0.25, 0.3) is 0 Å². The van der Waals surface area contributed by atoms with Crippen molar-refractivity contribution in [2.24, 2.45) is 0 Å². The van der Waals surface area contributed by atoms with Crippen molar-refractivity contribution in [3.63, 3.8) is 0 Å². The van der Waals surface area contributed by atoms with E-state index < -0.39 is 22.9 Å². The summed E-state index contributed by atoms with van der Waals surface area (Å²) < 4.78 is 27.1. The summed E-state index contributed by atoms with van der Waals surface area (Å²) in [6.45, 7) is 1.73. The van der Waals surface area contributed by atoms with E-state index in [1.54, 1.807) is 6.92 Å². The summed E-state index contributed by atoms with van der Waals surface area (Å²) in [7, 11) is 0. The van der Waals surface area contributed by atoms with E-state index in [1.165, 1.54) is 6.07 Å². The Balaban J connectivity index is 2.55.